The molecule has 2 aliphatic rings. The third-order valence-electron chi connectivity index (χ3n) is 14.8. The van der Waals surface area contributed by atoms with Crippen molar-refractivity contribution >= 4 is 54.1 Å². The van der Waals surface area contributed by atoms with Crippen molar-refractivity contribution < 1.29 is 0 Å². The van der Waals surface area contributed by atoms with Crippen molar-refractivity contribution in [3.05, 3.63) is 253 Å². The number of benzene rings is 11. The van der Waals surface area contributed by atoms with Crippen LogP contribution in [0.3, 0.4) is 0 Å². The maximum Gasteiger partial charge on any atom is 0.238 e. The Morgan fingerprint density at radius 1 is 0.265 bits per heavy atom. The largest absolute Gasteiger partial charge is 0.278 e. The molecule has 15 rings (SSSR count). The van der Waals surface area contributed by atoms with Gasteiger partial charge < -0.3 is 0 Å². The highest BCUT2D eigenvalue weighted by molar-refractivity contribution is 6.26. The molecule has 314 valence electrons. The lowest BCUT2D eigenvalue weighted by molar-refractivity contribution is 0.795. The molecular weight excluding hydrogens is 825 g/mol. The first-order chi connectivity index (χ1) is 33.7. The zero-order valence-corrected chi connectivity index (χ0v) is 36.7. The number of rotatable bonds is 4. The maximum atomic E-state index is 5.30. The Kier molecular flexibility index (Phi) is 7.67. The van der Waals surface area contributed by atoms with Gasteiger partial charge in [-0.1, -0.05) is 194 Å². The van der Waals surface area contributed by atoms with Crippen LogP contribution >= 0.6 is 0 Å². The smallest absolute Gasteiger partial charge is 0.238 e. The fraction of sp³-hybridized carbons (Fsp3) is 0.0156. The minimum atomic E-state index is -0.485. The summed E-state index contributed by atoms with van der Waals surface area (Å²) in [5.41, 5.74) is 16.2. The van der Waals surface area contributed by atoms with Crippen LogP contribution in [-0.2, 0) is 5.41 Å². The van der Waals surface area contributed by atoms with Gasteiger partial charge in [0, 0.05) is 21.9 Å². The van der Waals surface area contributed by atoms with Gasteiger partial charge >= 0.3 is 0 Å². The lowest BCUT2D eigenvalue weighted by Crippen LogP contribution is -2.25. The molecule has 4 heteroatoms. The topological polar surface area (TPSA) is 43.6 Å². The van der Waals surface area contributed by atoms with Crippen molar-refractivity contribution in [2.24, 2.45) is 0 Å². The third-order valence-corrected chi connectivity index (χ3v) is 14.8. The van der Waals surface area contributed by atoms with Crippen LogP contribution in [-0.4, -0.2) is 19.5 Å². The Morgan fingerprint density at radius 3 is 1.37 bits per heavy atom. The molecule has 0 saturated carbocycles. The van der Waals surface area contributed by atoms with Crippen molar-refractivity contribution in [3.8, 4) is 62.1 Å². The minimum absolute atomic E-state index is 0.485. The predicted octanol–water partition coefficient (Wildman–Crippen LogP) is 15.8. The van der Waals surface area contributed by atoms with Gasteiger partial charge in [0.1, 0.15) is 0 Å². The quantitative estimate of drug-likeness (QED) is 0.166. The molecule has 4 nitrogen and oxygen atoms in total. The van der Waals surface area contributed by atoms with Gasteiger partial charge in [0.25, 0.3) is 0 Å². The lowest BCUT2D eigenvalue weighted by atomic mass is 9.70. The van der Waals surface area contributed by atoms with Crippen molar-refractivity contribution in [1.82, 2.24) is 19.5 Å². The van der Waals surface area contributed by atoms with Gasteiger partial charge in [0.2, 0.25) is 5.95 Å². The van der Waals surface area contributed by atoms with Crippen molar-refractivity contribution in [1.29, 1.82) is 0 Å². The van der Waals surface area contributed by atoms with Crippen LogP contribution in [0.5, 0.6) is 0 Å². The Bertz CT molecular complexity index is 4180. The summed E-state index contributed by atoms with van der Waals surface area (Å²) >= 11 is 0. The zero-order valence-electron chi connectivity index (χ0n) is 36.7. The molecule has 2 aliphatic carbocycles. The van der Waals surface area contributed by atoms with E-state index in [9.17, 15) is 0 Å². The van der Waals surface area contributed by atoms with Crippen molar-refractivity contribution in [2.75, 3.05) is 0 Å². The van der Waals surface area contributed by atoms with E-state index in [2.05, 4.69) is 217 Å². The van der Waals surface area contributed by atoms with Crippen LogP contribution in [0.4, 0.5) is 0 Å². The van der Waals surface area contributed by atoms with E-state index in [0.29, 0.717) is 17.6 Å². The summed E-state index contributed by atoms with van der Waals surface area (Å²) in [6.07, 6.45) is 0. The van der Waals surface area contributed by atoms with E-state index in [1.165, 1.54) is 76.8 Å². The molecular formula is C64H38N4. The molecule has 1 spiro atoms. The molecule has 0 atom stereocenters. The summed E-state index contributed by atoms with van der Waals surface area (Å²) in [5.74, 6) is 1.83. The molecule has 68 heavy (non-hydrogen) atoms. The van der Waals surface area contributed by atoms with Gasteiger partial charge in [-0.15, -0.1) is 0 Å². The average molecular weight is 863 g/mol. The molecule has 0 fully saturated rings. The second-order valence-electron chi connectivity index (χ2n) is 18.2. The fourth-order valence-corrected chi connectivity index (χ4v) is 12.0. The van der Waals surface area contributed by atoms with Gasteiger partial charge in [-0.2, -0.15) is 9.97 Å². The highest BCUT2D eigenvalue weighted by atomic mass is 15.2. The van der Waals surface area contributed by atoms with Gasteiger partial charge in [0.05, 0.1) is 16.4 Å². The monoisotopic (exact) mass is 862 g/mol. The Hall–Kier alpha value is -8.99. The second kappa shape index (κ2) is 14.0. The van der Waals surface area contributed by atoms with E-state index in [1.54, 1.807) is 0 Å². The average Bonchev–Trinajstić information content (AvgIpc) is 4.02. The summed E-state index contributed by atoms with van der Waals surface area (Å²) in [6, 6.07) is 84.1. The first-order valence-corrected chi connectivity index (χ1v) is 23.4. The fourth-order valence-electron chi connectivity index (χ4n) is 12.0. The van der Waals surface area contributed by atoms with Crippen LogP contribution in [0, 0.1) is 0 Å². The van der Waals surface area contributed by atoms with E-state index < -0.39 is 5.41 Å². The number of hydrogen-bond acceptors (Lipinski definition) is 3. The standard InChI is InChI=1S/C64H38N4/c1-2-17-39(18-3-1)61-65-62(67-63(66-61)68-59-31-14-10-27-49(59)50-28-11-15-32-60(50)68)42-20-16-19-40(35-42)41-33-34-57-53(36-41)54-37-51-45-23-6-4-21-43(45)44-22-5-7-24-46(44)52(51)38-58(54)64(57)55-29-12-8-25-47(55)48-26-9-13-30-56(48)64/h1-38H. The maximum absolute atomic E-state index is 5.30. The minimum Gasteiger partial charge on any atom is -0.278 e. The molecule has 0 radical (unpaired) electrons. The van der Waals surface area contributed by atoms with Crippen LogP contribution in [0.1, 0.15) is 22.3 Å². The Morgan fingerprint density at radius 2 is 0.721 bits per heavy atom. The summed E-state index contributed by atoms with van der Waals surface area (Å²) in [4.78, 5) is 15.7. The zero-order chi connectivity index (χ0) is 44.5. The molecule has 0 unspecified atom stereocenters. The van der Waals surface area contributed by atoms with Crippen LogP contribution in [0.25, 0.3) is 116 Å². The van der Waals surface area contributed by atoms with E-state index in [1.807, 2.05) is 18.2 Å². The lowest BCUT2D eigenvalue weighted by Gasteiger charge is -2.31. The predicted molar refractivity (Wildman–Crippen MR) is 279 cm³/mol. The third kappa shape index (κ3) is 5.06. The second-order valence-corrected chi connectivity index (χ2v) is 18.2. The SMILES string of the molecule is c1ccc(-c2nc(-c3cccc(-c4ccc5c(c4)-c4cc6c7ccccc7c7ccccc7c6cc4C54c5ccccc5-c5ccccc54)c3)nc(-n3c4ccccc4c4ccccc43)n2)cc1. The molecule has 0 N–H and O–H groups in total. The molecule has 13 aromatic rings. The number of hydrogen-bond donors (Lipinski definition) is 0. The van der Waals surface area contributed by atoms with Crippen LogP contribution in [0.2, 0.25) is 0 Å². The van der Waals surface area contributed by atoms with E-state index in [-0.39, 0.29) is 0 Å². The van der Waals surface area contributed by atoms with Crippen LogP contribution < -0.4 is 0 Å². The highest BCUT2D eigenvalue weighted by Crippen LogP contribution is 2.64. The molecule has 0 saturated heterocycles. The van der Waals surface area contributed by atoms with E-state index >= 15 is 0 Å². The summed E-state index contributed by atoms with van der Waals surface area (Å²) in [7, 11) is 0. The Labute approximate surface area is 392 Å². The summed E-state index contributed by atoms with van der Waals surface area (Å²) in [5, 5.41) is 9.99. The van der Waals surface area contributed by atoms with Crippen molar-refractivity contribution in [3.63, 3.8) is 0 Å². The summed E-state index contributed by atoms with van der Waals surface area (Å²) < 4.78 is 2.18. The van der Waals surface area contributed by atoms with Crippen molar-refractivity contribution in [2.45, 2.75) is 5.41 Å². The number of para-hydroxylation sites is 2. The van der Waals surface area contributed by atoms with Gasteiger partial charge in [-0.05, 0) is 124 Å². The molecule has 0 aliphatic heterocycles. The molecule has 11 aromatic carbocycles. The van der Waals surface area contributed by atoms with Gasteiger partial charge in [-0.3, -0.25) is 4.57 Å². The molecule has 0 bridgehead atoms. The summed E-state index contributed by atoms with van der Waals surface area (Å²) in [6.45, 7) is 0. The number of aromatic nitrogens is 4. The normalized spacial score (nSPS) is 13.1. The Balaban J connectivity index is 0.959. The van der Waals surface area contributed by atoms with Gasteiger partial charge in [0.15, 0.2) is 11.6 Å². The van der Waals surface area contributed by atoms with Gasteiger partial charge in [-0.25, -0.2) is 4.98 Å². The molecule has 2 aromatic heterocycles. The first-order valence-electron chi connectivity index (χ1n) is 23.4. The molecule has 0 amide bonds. The van der Waals surface area contributed by atoms with Crippen LogP contribution in [0.15, 0.2) is 231 Å². The molecule has 2 heterocycles. The van der Waals surface area contributed by atoms with E-state index in [4.69, 9.17) is 15.0 Å². The first kappa shape index (κ1) is 37.3. The number of fused-ring (bicyclic) bond motifs is 19. The number of nitrogens with zero attached hydrogens (tertiary/aromatic N) is 4. The van der Waals surface area contributed by atoms with E-state index in [0.717, 1.165) is 44.1 Å². The highest BCUT2D eigenvalue weighted by Gasteiger charge is 2.51.